The molecule has 2 N–H and O–H groups in total. The molecule has 0 aliphatic rings. The molecule has 0 fully saturated rings. The van der Waals surface area contributed by atoms with Crippen LogP contribution < -0.4 is 5.73 Å². The van der Waals surface area contributed by atoms with Crippen LogP contribution in [0.1, 0.15) is 5.69 Å². The SMILES string of the molecule is NCc1cccc(-n2cccc2)n1. The molecule has 2 rings (SSSR count). The quantitative estimate of drug-likeness (QED) is 0.744. The van der Waals surface area contributed by atoms with Crippen LogP contribution in [0.5, 0.6) is 0 Å². The summed E-state index contributed by atoms with van der Waals surface area (Å²) in [6, 6.07) is 9.78. The van der Waals surface area contributed by atoms with E-state index in [0.29, 0.717) is 6.54 Å². The molecule has 0 aliphatic carbocycles. The summed E-state index contributed by atoms with van der Waals surface area (Å²) in [7, 11) is 0. The topological polar surface area (TPSA) is 43.8 Å². The van der Waals surface area contributed by atoms with Crippen LogP contribution in [0.25, 0.3) is 5.82 Å². The van der Waals surface area contributed by atoms with Gasteiger partial charge in [0.05, 0.1) is 5.69 Å². The van der Waals surface area contributed by atoms with E-state index in [4.69, 9.17) is 5.73 Å². The molecule has 0 saturated carbocycles. The van der Waals surface area contributed by atoms with Crippen molar-refractivity contribution >= 4 is 0 Å². The number of hydrogen-bond acceptors (Lipinski definition) is 2. The number of hydrogen-bond donors (Lipinski definition) is 1. The van der Waals surface area contributed by atoms with Crippen LogP contribution >= 0.6 is 0 Å². The monoisotopic (exact) mass is 173 g/mol. The molecule has 0 aromatic carbocycles. The Morgan fingerprint density at radius 1 is 1.15 bits per heavy atom. The average Bonchev–Trinajstić information content (AvgIpc) is 2.71. The minimum atomic E-state index is 0.481. The first-order valence-corrected chi connectivity index (χ1v) is 4.19. The lowest BCUT2D eigenvalue weighted by atomic mass is 10.3. The lowest BCUT2D eigenvalue weighted by Crippen LogP contribution is -2.02. The van der Waals surface area contributed by atoms with Gasteiger partial charge < -0.3 is 10.3 Å². The van der Waals surface area contributed by atoms with Crippen LogP contribution in [0.3, 0.4) is 0 Å². The van der Waals surface area contributed by atoms with Gasteiger partial charge in [-0.25, -0.2) is 4.98 Å². The Kier molecular flexibility index (Phi) is 2.10. The first-order chi connectivity index (χ1) is 6.40. The summed E-state index contributed by atoms with van der Waals surface area (Å²) in [6.45, 7) is 0.481. The highest BCUT2D eigenvalue weighted by atomic mass is 15.0. The van der Waals surface area contributed by atoms with E-state index in [1.165, 1.54) is 0 Å². The summed E-state index contributed by atoms with van der Waals surface area (Å²) in [5.41, 5.74) is 6.41. The van der Waals surface area contributed by atoms with E-state index in [-0.39, 0.29) is 0 Å². The van der Waals surface area contributed by atoms with Crippen molar-refractivity contribution in [3.8, 4) is 5.82 Å². The molecule has 13 heavy (non-hydrogen) atoms. The maximum Gasteiger partial charge on any atom is 0.136 e. The third-order valence-corrected chi connectivity index (χ3v) is 1.87. The summed E-state index contributed by atoms with van der Waals surface area (Å²) in [4.78, 5) is 4.37. The Hall–Kier alpha value is -1.61. The first kappa shape index (κ1) is 8.01. The molecule has 3 nitrogen and oxygen atoms in total. The second-order valence-electron chi connectivity index (χ2n) is 2.78. The largest absolute Gasteiger partial charge is 0.325 e. The Morgan fingerprint density at radius 3 is 2.62 bits per heavy atom. The average molecular weight is 173 g/mol. The minimum Gasteiger partial charge on any atom is -0.325 e. The van der Waals surface area contributed by atoms with E-state index in [2.05, 4.69) is 4.98 Å². The van der Waals surface area contributed by atoms with Crippen molar-refractivity contribution in [2.45, 2.75) is 6.54 Å². The van der Waals surface area contributed by atoms with Gasteiger partial charge in [-0.05, 0) is 24.3 Å². The van der Waals surface area contributed by atoms with E-state index >= 15 is 0 Å². The molecule has 0 radical (unpaired) electrons. The smallest absolute Gasteiger partial charge is 0.136 e. The maximum atomic E-state index is 5.50. The summed E-state index contributed by atoms with van der Waals surface area (Å²) in [6.07, 6.45) is 3.92. The number of nitrogens with two attached hydrogens (primary N) is 1. The van der Waals surface area contributed by atoms with Gasteiger partial charge in [0.25, 0.3) is 0 Å². The summed E-state index contributed by atoms with van der Waals surface area (Å²) in [5.74, 6) is 0.910. The lowest BCUT2D eigenvalue weighted by Gasteiger charge is -2.02. The maximum absolute atomic E-state index is 5.50. The van der Waals surface area contributed by atoms with E-state index in [0.717, 1.165) is 11.5 Å². The predicted molar refractivity (Wildman–Crippen MR) is 51.5 cm³/mol. The lowest BCUT2D eigenvalue weighted by molar-refractivity contribution is 0.931. The third kappa shape index (κ3) is 1.60. The first-order valence-electron chi connectivity index (χ1n) is 4.19. The molecule has 0 amide bonds. The van der Waals surface area contributed by atoms with Crippen LogP contribution in [0.2, 0.25) is 0 Å². The van der Waals surface area contributed by atoms with Crippen molar-refractivity contribution in [3.05, 3.63) is 48.4 Å². The van der Waals surface area contributed by atoms with Gasteiger partial charge in [0, 0.05) is 18.9 Å². The molecule has 0 spiro atoms. The summed E-state index contributed by atoms with van der Waals surface area (Å²) in [5, 5.41) is 0. The zero-order chi connectivity index (χ0) is 9.10. The van der Waals surface area contributed by atoms with Gasteiger partial charge in [-0.15, -0.1) is 0 Å². The van der Waals surface area contributed by atoms with Crippen LogP contribution in [0.15, 0.2) is 42.7 Å². The van der Waals surface area contributed by atoms with Gasteiger partial charge in [0.1, 0.15) is 5.82 Å². The van der Waals surface area contributed by atoms with Gasteiger partial charge in [0.15, 0.2) is 0 Å². The fraction of sp³-hybridized carbons (Fsp3) is 0.100. The molecule has 2 heterocycles. The van der Waals surface area contributed by atoms with Crippen LogP contribution in [0, 0.1) is 0 Å². The molecular weight excluding hydrogens is 162 g/mol. The molecular formula is C10H11N3. The predicted octanol–water partition coefficient (Wildman–Crippen LogP) is 1.33. The zero-order valence-corrected chi connectivity index (χ0v) is 7.22. The van der Waals surface area contributed by atoms with Gasteiger partial charge in [-0.2, -0.15) is 0 Å². The van der Waals surface area contributed by atoms with Crippen molar-refractivity contribution < 1.29 is 0 Å². The Bertz CT molecular complexity index is 379. The number of aromatic nitrogens is 2. The summed E-state index contributed by atoms with van der Waals surface area (Å²) < 4.78 is 1.96. The molecule has 0 atom stereocenters. The van der Waals surface area contributed by atoms with E-state index < -0.39 is 0 Å². The number of rotatable bonds is 2. The van der Waals surface area contributed by atoms with E-state index in [1.807, 2.05) is 47.3 Å². The van der Waals surface area contributed by atoms with Gasteiger partial charge in [0.2, 0.25) is 0 Å². The fourth-order valence-corrected chi connectivity index (χ4v) is 1.21. The Labute approximate surface area is 76.8 Å². The van der Waals surface area contributed by atoms with Crippen molar-refractivity contribution in [1.82, 2.24) is 9.55 Å². The molecule has 0 saturated heterocycles. The molecule has 0 bridgehead atoms. The normalized spacial score (nSPS) is 10.2. The number of nitrogens with zero attached hydrogens (tertiary/aromatic N) is 2. The van der Waals surface area contributed by atoms with Crippen molar-refractivity contribution in [2.75, 3.05) is 0 Å². The van der Waals surface area contributed by atoms with Crippen molar-refractivity contribution in [2.24, 2.45) is 5.73 Å². The number of pyridine rings is 1. The van der Waals surface area contributed by atoms with Crippen molar-refractivity contribution in [1.29, 1.82) is 0 Å². The third-order valence-electron chi connectivity index (χ3n) is 1.87. The highest BCUT2D eigenvalue weighted by Gasteiger charge is 1.96. The molecule has 3 heteroatoms. The molecule has 0 unspecified atom stereocenters. The molecule has 2 aromatic heterocycles. The van der Waals surface area contributed by atoms with Crippen LogP contribution in [0.4, 0.5) is 0 Å². The van der Waals surface area contributed by atoms with Gasteiger partial charge >= 0.3 is 0 Å². The van der Waals surface area contributed by atoms with Gasteiger partial charge in [-0.1, -0.05) is 6.07 Å². The highest BCUT2D eigenvalue weighted by molar-refractivity contribution is 5.25. The Balaban J connectivity index is 2.41. The molecule has 66 valence electrons. The molecule has 2 aromatic rings. The second kappa shape index (κ2) is 3.41. The van der Waals surface area contributed by atoms with Crippen LogP contribution in [-0.4, -0.2) is 9.55 Å². The van der Waals surface area contributed by atoms with Gasteiger partial charge in [-0.3, -0.25) is 0 Å². The Morgan fingerprint density at radius 2 is 1.92 bits per heavy atom. The standard InChI is InChI=1S/C10H11N3/c11-8-9-4-3-5-10(12-9)13-6-1-2-7-13/h1-7H,8,11H2. The fourth-order valence-electron chi connectivity index (χ4n) is 1.21. The van der Waals surface area contributed by atoms with E-state index in [1.54, 1.807) is 0 Å². The van der Waals surface area contributed by atoms with Crippen molar-refractivity contribution in [3.63, 3.8) is 0 Å². The summed E-state index contributed by atoms with van der Waals surface area (Å²) >= 11 is 0. The molecule has 0 aliphatic heterocycles. The minimum absolute atomic E-state index is 0.481. The zero-order valence-electron chi connectivity index (χ0n) is 7.22. The van der Waals surface area contributed by atoms with E-state index in [9.17, 15) is 0 Å². The second-order valence-corrected chi connectivity index (χ2v) is 2.78. The van der Waals surface area contributed by atoms with Crippen LogP contribution in [-0.2, 0) is 6.54 Å². The highest BCUT2D eigenvalue weighted by Crippen LogP contribution is 2.05.